The molecule has 0 aromatic heterocycles. The summed E-state index contributed by atoms with van der Waals surface area (Å²) in [6.07, 6.45) is 1.29. The Balaban J connectivity index is 4.27. The first-order chi connectivity index (χ1) is 6.41. The number of nitrogens with one attached hydrogen (secondary N) is 2. The van der Waals surface area contributed by atoms with Crippen LogP contribution in [0.15, 0.2) is 0 Å². The third kappa shape index (κ3) is 5.91. The fourth-order valence-corrected chi connectivity index (χ4v) is 2.20. The molecule has 5 nitrogen and oxygen atoms in total. The van der Waals surface area contributed by atoms with Crippen molar-refractivity contribution in [1.82, 2.24) is 9.44 Å². The van der Waals surface area contributed by atoms with Gasteiger partial charge in [-0.1, -0.05) is 13.3 Å². The summed E-state index contributed by atoms with van der Waals surface area (Å²) in [5.74, 6) is 0. The molecule has 0 saturated heterocycles. The summed E-state index contributed by atoms with van der Waals surface area (Å²) in [5, 5.41) is 8.65. The largest absolute Gasteiger partial charge is 0.278 e. The summed E-state index contributed by atoms with van der Waals surface area (Å²) in [7, 11) is -3.54. The van der Waals surface area contributed by atoms with Crippen molar-refractivity contribution in [1.29, 1.82) is 5.26 Å². The molecule has 6 heteroatoms. The Labute approximate surface area is 85.7 Å². The number of nitriles is 1. The Morgan fingerprint density at radius 3 is 2.29 bits per heavy atom. The van der Waals surface area contributed by atoms with E-state index in [9.17, 15) is 8.42 Å². The summed E-state index contributed by atoms with van der Waals surface area (Å²) in [4.78, 5) is 0. The Bertz CT molecular complexity index is 292. The van der Waals surface area contributed by atoms with Crippen molar-refractivity contribution in [2.45, 2.75) is 45.7 Å². The maximum Gasteiger partial charge on any atom is 0.278 e. The first-order valence-electron chi connectivity index (χ1n) is 4.60. The third-order valence-electron chi connectivity index (χ3n) is 1.42. The first-order valence-corrected chi connectivity index (χ1v) is 6.08. The van der Waals surface area contributed by atoms with Gasteiger partial charge in [-0.05, 0) is 20.3 Å². The van der Waals surface area contributed by atoms with Crippen molar-refractivity contribution < 1.29 is 8.42 Å². The molecular formula is C8H17N3O2S. The van der Waals surface area contributed by atoms with Crippen molar-refractivity contribution in [3.8, 4) is 6.07 Å². The topological polar surface area (TPSA) is 82.0 Å². The lowest BCUT2D eigenvalue weighted by molar-refractivity contribution is 0.539. The Hall–Kier alpha value is -0.640. The molecule has 0 aromatic carbocycles. The second-order valence-corrected chi connectivity index (χ2v) is 4.84. The molecule has 0 spiro atoms. The van der Waals surface area contributed by atoms with E-state index in [1.54, 1.807) is 13.8 Å². The molecule has 0 bridgehead atoms. The standard InChI is InChI=1S/C8H17N3O2S/c1-4-5-8(6-9)11-14(12,13)10-7(2)3/h7-8,10-11H,4-5H2,1-3H3. The molecule has 0 rings (SSSR count). The molecule has 0 amide bonds. The van der Waals surface area contributed by atoms with Gasteiger partial charge in [0.25, 0.3) is 10.2 Å². The van der Waals surface area contributed by atoms with Crippen molar-refractivity contribution in [3.05, 3.63) is 0 Å². The summed E-state index contributed by atoms with van der Waals surface area (Å²) >= 11 is 0. The van der Waals surface area contributed by atoms with Crippen LogP contribution in [0.3, 0.4) is 0 Å². The minimum atomic E-state index is -3.54. The highest BCUT2D eigenvalue weighted by molar-refractivity contribution is 7.87. The molecule has 0 aliphatic carbocycles. The van der Waals surface area contributed by atoms with Crippen LogP contribution in [0, 0.1) is 11.3 Å². The van der Waals surface area contributed by atoms with Gasteiger partial charge in [0.2, 0.25) is 0 Å². The van der Waals surface area contributed by atoms with Crippen LogP contribution in [0.2, 0.25) is 0 Å². The van der Waals surface area contributed by atoms with Gasteiger partial charge in [0.1, 0.15) is 6.04 Å². The lowest BCUT2D eigenvalue weighted by atomic mass is 10.2. The van der Waals surface area contributed by atoms with Gasteiger partial charge >= 0.3 is 0 Å². The molecule has 14 heavy (non-hydrogen) atoms. The molecule has 0 radical (unpaired) electrons. The highest BCUT2D eigenvalue weighted by atomic mass is 32.2. The van der Waals surface area contributed by atoms with E-state index in [2.05, 4.69) is 9.44 Å². The summed E-state index contributed by atoms with van der Waals surface area (Å²) in [5.41, 5.74) is 0. The van der Waals surface area contributed by atoms with Crippen LogP contribution in [0.25, 0.3) is 0 Å². The van der Waals surface area contributed by atoms with Crippen molar-refractivity contribution in [2.24, 2.45) is 0 Å². The maximum atomic E-state index is 11.3. The fraction of sp³-hybridized carbons (Fsp3) is 0.875. The Kier molecular flexibility index (Phi) is 5.69. The smallest absolute Gasteiger partial charge is 0.200 e. The zero-order valence-electron chi connectivity index (χ0n) is 8.74. The van der Waals surface area contributed by atoms with E-state index in [-0.39, 0.29) is 6.04 Å². The van der Waals surface area contributed by atoms with E-state index in [0.717, 1.165) is 6.42 Å². The molecular weight excluding hydrogens is 202 g/mol. The quantitative estimate of drug-likeness (QED) is 0.683. The maximum absolute atomic E-state index is 11.3. The van der Waals surface area contributed by atoms with Crippen LogP contribution in [0.4, 0.5) is 0 Å². The molecule has 2 N–H and O–H groups in total. The number of hydrogen-bond donors (Lipinski definition) is 2. The van der Waals surface area contributed by atoms with Crippen LogP contribution in [-0.4, -0.2) is 20.5 Å². The van der Waals surface area contributed by atoms with E-state index < -0.39 is 16.3 Å². The monoisotopic (exact) mass is 219 g/mol. The van der Waals surface area contributed by atoms with E-state index in [1.807, 2.05) is 13.0 Å². The van der Waals surface area contributed by atoms with Crippen LogP contribution in [-0.2, 0) is 10.2 Å². The normalized spacial score (nSPS) is 13.9. The second-order valence-electron chi connectivity index (χ2n) is 3.36. The minimum Gasteiger partial charge on any atom is -0.200 e. The van der Waals surface area contributed by atoms with Gasteiger partial charge in [-0.2, -0.15) is 23.1 Å². The SMILES string of the molecule is CCCC(C#N)NS(=O)(=O)NC(C)C. The number of rotatable bonds is 6. The van der Waals surface area contributed by atoms with Gasteiger partial charge in [0, 0.05) is 6.04 Å². The number of hydrogen-bond acceptors (Lipinski definition) is 3. The Morgan fingerprint density at radius 2 is 1.93 bits per heavy atom. The van der Waals surface area contributed by atoms with Crippen molar-refractivity contribution in [3.63, 3.8) is 0 Å². The summed E-state index contributed by atoms with van der Waals surface area (Å²) in [6, 6.07) is 1.09. The highest BCUT2D eigenvalue weighted by Crippen LogP contribution is 1.96. The highest BCUT2D eigenvalue weighted by Gasteiger charge is 2.16. The molecule has 0 fully saturated rings. The Morgan fingerprint density at radius 1 is 1.36 bits per heavy atom. The third-order valence-corrected chi connectivity index (χ3v) is 2.80. The van der Waals surface area contributed by atoms with Gasteiger partial charge in [0.15, 0.2) is 0 Å². The second kappa shape index (κ2) is 5.96. The molecule has 0 aromatic rings. The molecule has 1 unspecified atom stereocenters. The van der Waals surface area contributed by atoms with Crippen LogP contribution in [0.1, 0.15) is 33.6 Å². The lowest BCUT2D eigenvalue weighted by Gasteiger charge is -2.13. The fourth-order valence-electron chi connectivity index (χ4n) is 0.970. The molecule has 0 aliphatic heterocycles. The van der Waals surface area contributed by atoms with Gasteiger partial charge in [-0.3, -0.25) is 0 Å². The van der Waals surface area contributed by atoms with Crippen LogP contribution < -0.4 is 9.44 Å². The van der Waals surface area contributed by atoms with Crippen molar-refractivity contribution >= 4 is 10.2 Å². The van der Waals surface area contributed by atoms with E-state index >= 15 is 0 Å². The van der Waals surface area contributed by atoms with Gasteiger partial charge in [0.05, 0.1) is 6.07 Å². The average Bonchev–Trinajstić information content (AvgIpc) is 2.00. The van der Waals surface area contributed by atoms with Crippen LogP contribution >= 0.6 is 0 Å². The van der Waals surface area contributed by atoms with E-state index in [0.29, 0.717) is 6.42 Å². The predicted octanol–water partition coefficient (Wildman–Crippen LogP) is 0.511. The lowest BCUT2D eigenvalue weighted by Crippen LogP contribution is -2.44. The molecule has 0 aliphatic rings. The van der Waals surface area contributed by atoms with Crippen LogP contribution in [0.5, 0.6) is 0 Å². The predicted molar refractivity (Wildman–Crippen MR) is 54.6 cm³/mol. The van der Waals surface area contributed by atoms with Gasteiger partial charge in [-0.25, -0.2) is 0 Å². The molecule has 1 atom stereocenters. The zero-order chi connectivity index (χ0) is 11.2. The first kappa shape index (κ1) is 13.4. The zero-order valence-corrected chi connectivity index (χ0v) is 9.56. The average molecular weight is 219 g/mol. The number of nitrogens with zero attached hydrogens (tertiary/aromatic N) is 1. The molecule has 82 valence electrons. The molecule has 0 saturated carbocycles. The van der Waals surface area contributed by atoms with Gasteiger partial charge < -0.3 is 0 Å². The van der Waals surface area contributed by atoms with E-state index in [1.165, 1.54) is 0 Å². The van der Waals surface area contributed by atoms with Gasteiger partial charge in [-0.15, -0.1) is 0 Å². The summed E-state index contributed by atoms with van der Waals surface area (Å²) < 4.78 is 27.3. The van der Waals surface area contributed by atoms with E-state index in [4.69, 9.17) is 5.26 Å². The molecule has 0 heterocycles. The van der Waals surface area contributed by atoms with Crippen molar-refractivity contribution in [2.75, 3.05) is 0 Å². The summed E-state index contributed by atoms with van der Waals surface area (Å²) in [6.45, 7) is 5.34. The minimum absolute atomic E-state index is 0.173.